The predicted molar refractivity (Wildman–Crippen MR) is 60.4 cm³/mol. The van der Waals surface area contributed by atoms with Crippen molar-refractivity contribution in [3.05, 3.63) is 11.6 Å². The second-order valence-electron chi connectivity index (χ2n) is 4.89. The van der Waals surface area contributed by atoms with E-state index >= 15 is 0 Å². The minimum absolute atomic E-state index is 0.0249. The van der Waals surface area contributed by atoms with Gasteiger partial charge < -0.3 is 10.4 Å². The van der Waals surface area contributed by atoms with E-state index in [2.05, 4.69) is 25.2 Å². The van der Waals surface area contributed by atoms with Gasteiger partial charge in [-0.2, -0.15) is 0 Å². The zero-order chi connectivity index (χ0) is 11.5. The Balaban J connectivity index is 2.59. The van der Waals surface area contributed by atoms with Crippen LogP contribution in [0.2, 0.25) is 0 Å². The van der Waals surface area contributed by atoms with Gasteiger partial charge in [0.05, 0.1) is 6.61 Å². The summed E-state index contributed by atoms with van der Waals surface area (Å²) >= 11 is 0. The highest BCUT2D eigenvalue weighted by Crippen LogP contribution is 2.31. The number of amides is 1. The summed E-state index contributed by atoms with van der Waals surface area (Å²) in [4.78, 5) is 11.1. The number of hydrogen-bond donors (Lipinski definition) is 2. The first-order valence-corrected chi connectivity index (χ1v) is 5.53. The molecule has 1 amide bonds. The molecular formula is C12H21NO2. The van der Waals surface area contributed by atoms with Gasteiger partial charge in [0, 0.05) is 12.5 Å². The Morgan fingerprint density at radius 1 is 1.67 bits per heavy atom. The van der Waals surface area contributed by atoms with Gasteiger partial charge in [0.25, 0.3) is 0 Å². The van der Waals surface area contributed by atoms with Crippen molar-refractivity contribution in [3.63, 3.8) is 0 Å². The van der Waals surface area contributed by atoms with Crippen molar-refractivity contribution in [1.29, 1.82) is 0 Å². The zero-order valence-electron chi connectivity index (χ0n) is 9.84. The molecule has 1 rings (SSSR count). The molecule has 0 aromatic rings. The fourth-order valence-electron chi connectivity index (χ4n) is 2.24. The Bertz CT molecular complexity index is 269. The van der Waals surface area contributed by atoms with Crippen molar-refractivity contribution < 1.29 is 9.90 Å². The zero-order valence-corrected chi connectivity index (χ0v) is 9.84. The monoisotopic (exact) mass is 211 g/mol. The molecular weight excluding hydrogens is 190 g/mol. The van der Waals surface area contributed by atoms with Gasteiger partial charge in [-0.3, -0.25) is 4.79 Å². The lowest BCUT2D eigenvalue weighted by atomic mass is 9.77. The molecule has 1 atom stereocenters. The first-order chi connectivity index (χ1) is 6.95. The quantitative estimate of drug-likeness (QED) is 0.697. The van der Waals surface area contributed by atoms with Crippen LogP contribution in [-0.2, 0) is 4.79 Å². The molecule has 0 fully saturated rings. The molecule has 0 aromatic heterocycles. The molecule has 0 unspecified atom stereocenters. The van der Waals surface area contributed by atoms with Gasteiger partial charge in [-0.05, 0) is 44.6 Å². The molecule has 2 N–H and O–H groups in total. The first-order valence-electron chi connectivity index (χ1n) is 5.53. The lowest BCUT2D eigenvalue weighted by Crippen LogP contribution is -2.48. The number of aliphatic hydroxyl groups excluding tert-OH is 1. The first kappa shape index (κ1) is 12.2. The second kappa shape index (κ2) is 4.79. The summed E-state index contributed by atoms with van der Waals surface area (Å²) in [6.07, 6.45) is 5.05. The van der Waals surface area contributed by atoms with Crippen LogP contribution < -0.4 is 5.32 Å². The molecule has 0 saturated heterocycles. The van der Waals surface area contributed by atoms with Crippen molar-refractivity contribution in [3.8, 4) is 0 Å². The maximum Gasteiger partial charge on any atom is 0.217 e. The van der Waals surface area contributed by atoms with Crippen molar-refractivity contribution in [2.24, 2.45) is 5.92 Å². The summed E-state index contributed by atoms with van der Waals surface area (Å²) in [5.41, 5.74) is 0.980. The number of nitrogens with one attached hydrogen (secondary N) is 1. The number of allylic oxidation sites excluding steroid dienone is 1. The summed E-state index contributed by atoms with van der Waals surface area (Å²) in [7, 11) is 0. The standard InChI is InChI=1S/C12H21NO2/c1-9(15)13-12(2,3)11-6-4-10(8-14)5-7-11/h4,11,14H,5-8H2,1-3H3,(H,13,15)/t11-/m0/s1. The van der Waals surface area contributed by atoms with Gasteiger partial charge >= 0.3 is 0 Å². The summed E-state index contributed by atoms with van der Waals surface area (Å²) in [5.74, 6) is 0.494. The molecule has 0 saturated carbocycles. The highest BCUT2D eigenvalue weighted by molar-refractivity contribution is 5.73. The van der Waals surface area contributed by atoms with E-state index in [0.717, 1.165) is 24.8 Å². The van der Waals surface area contributed by atoms with E-state index in [9.17, 15) is 4.79 Å². The van der Waals surface area contributed by atoms with Gasteiger partial charge in [-0.15, -0.1) is 0 Å². The van der Waals surface area contributed by atoms with Crippen molar-refractivity contribution in [1.82, 2.24) is 5.32 Å². The topological polar surface area (TPSA) is 49.3 Å². The summed E-state index contributed by atoms with van der Waals surface area (Å²) in [6, 6.07) is 0. The van der Waals surface area contributed by atoms with E-state index in [1.165, 1.54) is 0 Å². The highest BCUT2D eigenvalue weighted by Gasteiger charge is 2.30. The van der Waals surface area contributed by atoms with Crippen LogP contribution in [0.15, 0.2) is 11.6 Å². The molecule has 0 heterocycles. The van der Waals surface area contributed by atoms with Gasteiger partial charge in [0.15, 0.2) is 0 Å². The largest absolute Gasteiger partial charge is 0.392 e. The Labute approximate surface area is 91.6 Å². The number of aliphatic hydroxyl groups is 1. The summed E-state index contributed by atoms with van der Waals surface area (Å²) < 4.78 is 0. The molecule has 0 spiro atoms. The van der Waals surface area contributed by atoms with E-state index in [4.69, 9.17) is 5.11 Å². The van der Waals surface area contributed by atoms with Crippen LogP contribution >= 0.6 is 0 Å². The molecule has 0 aliphatic heterocycles. The second-order valence-corrected chi connectivity index (χ2v) is 4.89. The van der Waals surface area contributed by atoms with E-state index in [1.54, 1.807) is 6.92 Å². The molecule has 1 aliphatic rings. The van der Waals surface area contributed by atoms with Crippen molar-refractivity contribution in [2.75, 3.05) is 6.61 Å². The van der Waals surface area contributed by atoms with E-state index in [0.29, 0.717) is 5.92 Å². The van der Waals surface area contributed by atoms with E-state index < -0.39 is 0 Å². The molecule has 3 heteroatoms. The normalized spacial score (nSPS) is 22.1. The number of rotatable bonds is 3. The number of carbonyl (C=O) groups excluding carboxylic acids is 1. The van der Waals surface area contributed by atoms with Gasteiger partial charge in [0.1, 0.15) is 0 Å². The van der Waals surface area contributed by atoms with Crippen molar-refractivity contribution in [2.45, 2.75) is 45.6 Å². The fourth-order valence-corrected chi connectivity index (χ4v) is 2.24. The maximum absolute atomic E-state index is 11.1. The SMILES string of the molecule is CC(=O)NC(C)(C)[C@H]1CC=C(CO)CC1. The molecule has 3 nitrogen and oxygen atoms in total. The minimum atomic E-state index is -0.149. The molecule has 0 aromatic carbocycles. The van der Waals surface area contributed by atoms with Crippen LogP contribution in [0.3, 0.4) is 0 Å². The number of carbonyl (C=O) groups is 1. The fraction of sp³-hybridized carbons (Fsp3) is 0.750. The van der Waals surface area contributed by atoms with Gasteiger partial charge in [0.2, 0.25) is 5.91 Å². The minimum Gasteiger partial charge on any atom is -0.392 e. The molecule has 1 aliphatic carbocycles. The third-order valence-electron chi connectivity index (χ3n) is 3.23. The summed E-state index contributed by atoms with van der Waals surface area (Å²) in [5, 5.41) is 12.0. The molecule has 86 valence electrons. The van der Waals surface area contributed by atoms with Crippen LogP contribution in [0.5, 0.6) is 0 Å². The lowest BCUT2D eigenvalue weighted by molar-refractivity contribution is -0.121. The van der Waals surface area contributed by atoms with E-state index in [1.807, 2.05) is 0 Å². The third kappa shape index (κ3) is 3.34. The van der Waals surface area contributed by atoms with Crippen LogP contribution in [0.1, 0.15) is 40.0 Å². The van der Waals surface area contributed by atoms with Gasteiger partial charge in [-0.1, -0.05) is 6.08 Å². The highest BCUT2D eigenvalue weighted by atomic mass is 16.3. The van der Waals surface area contributed by atoms with Crippen LogP contribution in [-0.4, -0.2) is 23.2 Å². The Morgan fingerprint density at radius 3 is 2.73 bits per heavy atom. The molecule has 0 radical (unpaired) electrons. The van der Waals surface area contributed by atoms with Crippen LogP contribution in [0.4, 0.5) is 0 Å². The Hall–Kier alpha value is -0.830. The Kier molecular flexibility index (Phi) is 3.91. The third-order valence-corrected chi connectivity index (χ3v) is 3.23. The lowest BCUT2D eigenvalue weighted by Gasteiger charge is -2.36. The average Bonchev–Trinajstić information content (AvgIpc) is 2.16. The van der Waals surface area contributed by atoms with E-state index in [-0.39, 0.29) is 18.1 Å². The number of hydrogen-bond acceptors (Lipinski definition) is 2. The smallest absolute Gasteiger partial charge is 0.217 e. The van der Waals surface area contributed by atoms with Crippen LogP contribution in [0, 0.1) is 5.92 Å². The van der Waals surface area contributed by atoms with Crippen molar-refractivity contribution >= 4 is 5.91 Å². The van der Waals surface area contributed by atoms with Crippen LogP contribution in [0.25, 0.3) is 0 Å². The van der Waals surface area contributed by atoms with Gasteiger partial charge in [-0.25, -0.2) is 0 Å². The predicted octanol–water partition coefficient (Wildman–Crippen LogP) is 1.62. The Morgan fingerprint density at radius 2 is 2.33 bits per heavy atom. The summed E-state index contributed by atoms with van der Waals surface area (Å²) in [6.45, 7) is 5.86. The average molecular weight is 211 g/mol. The molecule has 0 bridgehead atoms. The molecule has 15 heavy (non-hydrogen) atoms. The maximum atomic E-state index is 11.1.